The molecule has 0 spiro atoms. The highest BCUT2D eigenvalue weighted by molar-refractivity contribution is 9.10. The largest absolute Gasteiger partial charge is 0.478 e. The molecule has 0 saturated heterocycles. The van der Waals surface area contributed by atoms with Crippen LogP contribution in [0.15, 0.2) is 77.4 Å². The van der Waals surface area contributed by atoms with Gasteiger partial charge in [0.1, 0.15) is 0 Å². The van der Waals surface area contributed by atoms with Crippen molar-refractivity contribution in [3.8, 4) is 0 Å². The van der Waals surface area contributed by atoms with Crippen LogP contribution in [0.25, 0.3) is 10.9 Å². The molecule has 186 valence electrons. The molecule has 0 aliphatic heterocycles. The molecule has 3 aromatic carbocycles. The number of nitrogens with two attached hydrogens (primary N) is 1. The molecule has 36 heavy (non-hydrogen) atoms. The first kappa shape index (κ1) is 26.7. The molecule has 4 aromatic rings. The number of aryl methyl sites for hydroxylation is 2. The second kappa shape index (κ2) is 12.1. The Bertz CT molecular complexity index is 1400. The summed E-state index contributed by atoms with van der Waals surface area (Å²) >= 11 is 3.06. The highest BCUT2D eigenvalue weighted by atomic mass is 79.9. The molecule has 0 unspecified atom stereocenters. The van der Waals surface area contributed by atoms with Gasteiger partial charge in [0.05, 0.1) is 17.5 Å². The Morgan fingerprint density at radius 3 is 2.25 bits per heavy atom. The standard InChI is InChI=1S/C18H19N3O.C9H7BrO4/c19-20-18(22)12-15-13-21(17-9-5-4-8-16(15)17)11-10-14-6-2-1-3-7-14;1-4-5(8(11)12)2-3-6(10)7(4)9(13)14/h1-9,13H,10-12,19H2,(H,20,22);2-3H,1H3,(H,11,12)(H,13,14). The van der Waals surface area contributed by atoms with E-state index in [-0.39, 0.29) is 22.6 Å². The molecule has 0 fully saturated rings. The lowest BCUT2D eigenvalue weighted by molar-refractivity contribution is -0.120. The van der Waals surface area contributed by atoms with E-state index in [1.54, 1.807) is 0 Å². The van der Waals surface area contributed by atoms with E-state index in [0.29, 0.717) is 10.9 Å². The first-order chi connectivity index (χ1) is 17.2. The zero-order valence-corrected chi connectivity index (χ0v) is 21.2. The maximum atomic E-state index is 11.6. The molecule has 9 heteroatoms. The number of carboxylic acid groups (broad SMARTS) is 2. The Balaban J connectivity index is 0.000000223. The molecule has 0 radical (unpaired) electrons. The van der Waals surface area contributed by atoms with Crippen molar-refractivity contribution in [3.63, 3.8) is 0 Å². The molecular weight excluding hydrogens is 526 g/mol. The van der Waals surface area contributed by atoms with Crippen molar-refractivity contribution in [1.29, 1.82) is 0 Å². The van der Waals surface area contributed by atoms with E-state index < -0.39 is 11.9 Å². The number of aromatic nitrogens is 1. The number of hydrogen-bond donors (Lipinski definition) is 4. The van der Waals surface area contributed by atoms with Crippen LogP contribution in [-0.4, -0.2) is 32.6 Å². The van der Waals surface area contributed by atoms with Crippen LogP contribution in [0, 0.1) is 6.92 Å². The normalized spacial score (nSPS) is 10.4. The van der Waals surface area contributed by atoms with E-state index in [4.69, 9.17) is 16.1 Å². The van der Waals surface area contributed by atoms with Crippen molar-refractivity contribution in [3.05, 3.63) is 105 Å². The topological polar surface area (TPSA) is 135 Å². The van der Waals surface area contributed by atoms with Gasteiger partial charge in [0.25, 0.3) is 0 Å². The fraction of sp³-hybridized carbons (Fsp3) is 0.148. The highest BCUT2D eigenvalue weighted by Gasteiger charge is 2.17. The summed E-state index contributed by atoms with van der Waals surface area (Å²) in [5.74, 6) is 2.76. The molecule has 1 heterocycles. The van der Waals surface area contributed by atoms with Crippen molar-refractivity contribution in [2.24, 2.45) is 5.84 Å². The number of nitrogens with zero attached hydrogens (tertiary/aromatic N) is 1. The number of carbonyl (C=O) groups is 3. The monoisotopic (exact) mass is 551 g/mol. The van der Waals surface area contributed by atoms with E-state index >= 15 is 0 Å². The Kier molecular flexibility index (Phi) is 8.99. The number of halogens is 1. The number of carboxylic acids is 2. The minimum absolute atomic E-state index is 0.00519. The van der Waals surface area contributed by atoms with Crippen molar-refractivity contribution in [2.75, 3.05) is 0 Å². The zero-order valence-electron chi connectivity index (χ0n) is 19.6. The second-order valence-electron chi connectivity index (χ2n) is 8.05. The predicted molar refractivity (Wildman–Crippen MR) is 141 cm³/mol. The minimum atomic E-state index is -1.14. The van der Waals surface area contributed by atoms with Gasteiger partial charge in [-0.3, -0.25) is 10.2 Å². The number of hydrogen-bond acceptors (Lipinski definition) is 4. The number of rotatable bonds is 7. The summed E-state index contributed by atoms with van der Waals surface area (Å²) in [5.41, 5.74) is 5.91. The summed E-state index contributed by atoms with van der Waals surface area (Å²) in [6, 6.07) is 21.3. The third-order valence-corrected chi connectivity index (χ3v) is 6.39. The lowest BCUT2D eigenvalue weighted by Crippen LogP contribution is -2.31. The Morgan fingerprint density at radius 1 is 0.944 bits per heavy atom. The van der Waals surface area contributed by atoms with Crippen molar-refractivity contribution < 1.29 is 24.6 Å². The molecule has 1 amide bonds. The molecular formula is C27H26BrN3O5. The number of hydrazine groups is 1. The number of amides is 1. The second-order valence-corrected chi connectivity index (χ2v) is 8.90. The summed E-state index contributed by atoms with van der Waals surface area (Å²) in [4.78, 5) is 33.1. The van der Waals surface area contributed by atoms with Gasteiger partial charge in [0, 0.05) is 28.1 Å². The van der Waals surface area contributed by atoms with Gasteiger partial charge in [-0.05, 0) is 64.2 Å². The molecule has 0 atom stereocenters. The van der Waals surface area contributed by atoms with Crippen LogP contribution in [-0.2, 0) is 24.2 Å². The van der Waals surface area contributed by atoms with Crippen molar-refractivity contribution in [2.45, 2.75) is 26.3 Å². The SMILES string of the molecule is Cc1c(C(=O)O)ccc(Br)c1C(=O)O.NNC(=O)Cc1cn(CCc2ccccc2)c2ccccc12. The maximum Gasteiger partial charge on any atom is 0.337 e. The average molecular weight is 552 g/mol. The Labute approximate surface area is 216 Å². The van der Waals surface area contributed by atoms with E-state index in [2.05, 4.69) is 62.5 Å². The fourth-order valence-corrected chi connectivity index (χ4v) is 4.54. The molecule has 0 saturated carbocycles. The minimum Gasteiger partial charge on any atom is -0.478 e. The van der Waals surface area contributed by atoms with Crippen LogP contribution in [0.1, 0.15) is 37.4 Å². The van der Waals surface area contributed by atoms with Crippen molar-refractivity contribution >= 4 is 44.7 Å². The summed E-state index contributed by atoms with van der Waals surface area (Å²) in [6.07, 6.45) is 3.32. The van der Waals surface area contributed by atoms with E-state index in [1.807, 2.05) is 24.3 Å². The van der Waals surface area contributed by atoms with Gasteiger partial charge in [-0.15, -0.1) is 0 Å². The Morgan fingerprint density at radius 2 is 1.61 bits per heavy atom. The van der Waals surface area contributed by atoms with E-state index in [1.165, 1.54) is 24.6 Å². The summed E-state index contributed by atoms with van der Waals surface area (Å²) in [5, 5.41) is 18.7. The van der Waals surface area contributed by atoms with Gasteiger partial charge >= 0.3 is 11.9 Å². The molecule has 1 aromatic heterocycles. The van der Waals surface area contributed by atoms with Crippen LogP contribution in [0.5, 0.6) is 0 Å². The highest BCUT2D eigenvalue weighted by Crippen LogP contribution is 2.24. The number of para-hydroxylation sites is 1. The van der Waals surface area contributed by atoms with Gasteiger partial charge in [0.15, 0.2) is 0 Å². The van der Waals surface area contributed by atoms with Crippen LogP contribution in [0.2, 0.25) is 0 Å². The molecule has 5 N–H and O–H groups in total. The van der Waals surface area contributed by atoms with Crippen LogP contribution in [0.4, 0.5) is 0 Å². The maximum absolute atomic E-state index is 11.6. The van der Waals surface area contributed by atoms with Crippen molar-refractivity contribution in [1.82, 2.24) is 9.99 Å². The van der Waals surface area contributed by atoms with Crippen LogP contribution in [0.3, 0.4) is 0 Å². The lowest BCUT2D eigenvalue weighted by Gasteiger charge is -2.06. The third-order valence-electron chi connectivity index (χ3n) is 5.73. The number of aromatic carboxylic acids is 2. The number of benzene rings is 3. The van der Waals surface area contributed by atoms with Gasteiger partial charge < -0.3 is 14.8 Å². The summed E-state index contributed by atoms with van der Waals surface area (Å²) in [6.45, 7) is 2.35. The molecule has 0 aliphatic carbocycles. The number of carbonyl (C=O) groups excluding carboxylic acids is 1. The molecule has 0 bridgehead atoms. The summed E-state index contributed by atoms with van der Waals surface area (Å²) in [7, 11) is 0. The number of fused-ring (bicyclic) bond motifs is 1. The van der Waals surface area contributed by atoms with Gasteiger partial charge in [-0.25, -0.2) is 15.4 Å². The quantitative estimate of drug-likeness (QED) is 0.151. The smallest absolute Gasteiger partial charge is 0.337 e. The molecule has 8 nitrogen and oxygen atoms in total. The Hall–Kier alpha value is -3.95. The zero-order chi connectivity index (χ0) is 26.2. The molecule has 4 rings (SSSR count). The first-order valence-corrected chi connectivity index (χ1v) is 11.9. The number of nitrogens with one attached hydrogen (secondary N) is 1. The lowest BCUT2D eigenvalue weighted by atomic mass is 10.0. The predicted octanol–water partition coefficient (Wildman–Crippen LogP) is 4.57. The molecule has 0 aliphatic rings. The summed E-state index contributed by atoms with van der Waals surface area (Å²) < 4.78 is 2.59. The van der Waals surface area contributed by atoms with Crippen LogP contribution < -0.4 is 11.3 Å². The van der Waals surface area contributed by atoms with E-state index in [0.717, 1.165) is 29.4 Å². The first-order valence-electron chi connectivity index (χ1n) is 11.1. The van der Waals surface area contributed by atoms with Crippen LogP contribution >= 0.6 is 15.9 Å². The van der Waals surface area contributed by atoms with Gasteiger partial charge in [-0.2, -0.15) is 0 Å². The van der Waals surface area contributed by atoms with Gasteiger partial charge in [-0.1, -0.05) is 48.5 Å². The van der Waals surface area contributed by atoms with E-state index in [9.17, 15) is 14.4 Å². The average Bonchev–Trinajstić information content (AvgIpc) is 3.20. The fourth-order valence-electron chi connectivity index (χ4n) is 3.94. The third kappa shape index (κ3) is 6.38. The van der Waals surface area contributed by atoms with Gasteiger partial charge in [0.2, 0.25) is 5.91 Å².